The fourth-order valence-corrected chi connectivity index (χ4v) is 3.80. The molecule has 0 bridgehead atoms. The second-order valence-electron chi connectivity index (χ2n) is 7.55. The van der Waals surface area contributed by atoms with E-state index in [4.69, 9.17) is 0 Å². The van der Waals surface area contributed by atoms with Crippen LogP contribution in [-0.4, -0.2) is 20.8 Å². The summed E-state index contributed by atoms with van der Waals surface area (Å²) in [6.45, 7) is 3.66. The van der Waals surface area contributed by atoms with Crippen molar-refractivity contribution < 1.29 is 9.59 Å². The van der Waals surface area contributed by atoms with E-state index >= 15 is 0 Å². The van der Waals surface area contributed by atoms with Crippen molar-refractivity contribution in [3.63, 3.8) is 0 Å². The van der Waals surface area contributed by atoms with Crippen LogP contribution in [0, 0.1) is 13.8 Å². The molecule has 0 saturated carbocycles. The lowest BCUT2D eigenvalue weighted by molar-refractivity contribution is -0.122. The van der Waals surface area contributed by atoms with Crippen LogP contribution in [0.4, 0.5) is 0 Å². The number of carbonyl (C=O) groups excluding carboxylic acids is 2. The van der Waals surface area contributed by atoms with Gasteiger partial charge in [0.25, 0.3) is 11.1 Å². The SMILES string of the molecule is Cc1c2n3c(c(C)c(=O)n3c1=O)CNC(=O)CCCCCCCCC(=O)NC2. The van der Waals surface area contributed by atoms with Crippen molar-refractivity contribution in [2.75, 3.05) is 0 Å². The first-order valence-electron chi connectivity index (χ1n) is 10.0. The van der Waals surface area contributed by atoms with Gasteiger partial charge in [0.05, 0.1) is 24.5 Å². The van der Waals surface area contributed by atoms with Crippen LogP contribution in [0.2, 0.25) is 0 Å². The Hall–Kier alpha value is -2.64. The van der Waals surface area contributed by atoms with E-state index < -0.39 is 0 Å². The van der Waals surface area contributed by atoms with Crippen LogP contribution in [0.5, 0.6) is 0 Å². The first-order chi connectivity index (χ1) is 13.4. The molecule has 152 valence electrons. The number of hydrogen-bond acceptors (Lipinski definition) is 4. The van der Waals surface area contributed by atoms with Crippen LogP contribution >= 0.6 is 0 Å². The van der Waals surface area contributed by atoms with Crippen molar-refractivity contribution in [1.82, 2.24) is 19.7 Å². The molecular formula is C20H28N4O4. The third-order valence-corrected chi connectivity index (χ3v) is 5.57. The van der Waals surface area contributed by atoms with Crippen LogP contribution in [-0.2, 0) is 22.7 Å². The molecule has 0 atom stereocenters. The summed E-state index contributed by atoms with van der Waals surface area (Å²) in [7, 11) is 0. The molecule has 3 heterocycles. The lowest BCUT2D eigenvalue weighted by atomic mass is 10.1. The Kier molecular flexibility index (Phi) is 6.16. The van der Waals surface area contributed by atoms with Crippen molar-refractivity contribution in [2.45, 2.75) is 78.3 Å². The van der Waals surface area contributed by atoms with Crippen LogP contribution in [0.15, 0.2) is 9.59 Å². The summed E-state index contributed by atoms with van der Waals surface area (Å²) in [5.41, 5.74) is 1.26. The number of nitrogens with one attached hydrogen (secondary N) is 2. The Morgan fingerprint density at radius 1 is 0.607 bits per heavy atom. The fourth-order valence-electron chi connectivity index (χ4n) is 3.80. The van der Waals surface area contributed by atoms with Gasteiger partial charge in [-0.25, -0.2) is 4.52 Å². The second kappa shape index (κ2) is 8.58. The Morgan fingerprint density at radius 2 is 1.00 bits per heavy atom. The Labute approximate surface area is 163 Å². The van der Waals surface area contributed by atoms with Gasteiger partial charge in [-0.05, 0) is 26.7 Å². The fraction of sp³-hybridized carbons (Fsp3) is 0.600. The number of aromatic nitrogens is 2. The molecule has 2 aromatic rings. The predicted octanol–water partition coefficient (Wildman–Crippen LogP) is 1.18. The number of carbonyl (C=O) groups is 2. The maximum absolute atomic E-state index is 12.6. The molecule has 1 aliphatic rings. The summed E-state index contributed by atoms with van der Waals surface area (Å²) in [6, 6.07) is 0. The largest absolute Gasteiger partial charge is 0.350 e. The molecule has 2 amide bonds. The highest BCUT2D eigenvalue weighted by atomic mass is 16.2. The first kappa shape index (κ1) is 20.1. The molecule has 0 saturated heterocycles. The van der Waals surface area contributed by atoms with Gasteiger partial charge in [0.1, 0.15) is 0 Å². The number of hydrogen-bond donors (Lipinski definition) is 2. The lowest BCUT2D eigenvalue weighted by Crippen LogP contribution is -2.26. The van der Waals surface area contributed by atoms with E-state index in [1.54, 1.807) is 18.4 Å². The summed E-state index contributed by atoms with van der Waals surface area (Å²) in [5.74, 6) is -0.117. The van der Waals surface area contributed by atoms with Crippen LogP contribution in [0.3, 0.4) is 0 Å². The van der Waals surface area contributed by atoms with Gasteiger partial charge in [0.15, 0.2) is 0 Å². The monoisotopic (exact) mass is 388 g/mol. The summed E-state index contributed by atoms with van der Waals surface area (Å²) in [4.78, 5) is 49.5. The van der Waals surface area contributed by atoms with Crippen molar-refractivity contribution >= 4 is 11.8 Å². The normalized spacial score (nSPS) is 17.9. The molecule has 2 N–H and O–H groups in total. The third-order valence-electron chi connectivity index (χ3n) is 5.57. The summed E-state index contributed by atoms with van der Waals surface area (Å²) in [6.07, 6.45) is 6.63. The summed E-state index contributed by atoms with van der Waals surface area (Å²) >= 11 is 0. The minimum Gasteiger partial charge on any atom is -0.350 e. The topological polar surface area (TPSA) is 101 Å². The smallest absolute Gasteiger partial charge is 0.277 e. The molecule has 0 unspecified atom stereocenters. The lowest BCUT2D eigenvalue weighted by Gasteiger charge is -2.09. The highest BCUT2D eigenvalue weighted by molar-refractivity contribution is 5.76. The molecule has 0 fully saturated rings. The zero-order valence-electron chi connectivity index (χ0n) is 16.6. The maximum atomic E-state index is 12.6. The molecule has 8 heteroatoms. The molecule has 0 aliphatic carbocycles. The van der Waals surface area contributed by atoms with Gasteiger partial charge in [-0.3, -0.25) is 19.2 Å². The van der Waals surface area contributed by atoms with Gasteiger partial charge in [-0.1, -0.05) is 25.7 Å². The molecule has 2 aromatic heterocycles. The molecule has 0 aromatic carbocycles. The Bertz CT molecular complexity index is 913. The zero-order chi connectivity index (χ0) is 20.3. The average Bonchev–Trinajstić information content (AvgIpc) is 3.05. The van der Waals surface area contributed by atoms with E-state index in [0.717, 1.165) is 43.0 Å². The van der Waals surface area contributed by atoms with Gasteiger partial charge < -0.3 is 10.6 Å². The van der Waals surface area contributed by atoms with E-state index in [9.17, 15) is 19.2 Å². The van der Waals surface area contributed by atoms with Gasteiger partial charge >= 0.3 is 0 Å². The van der Waals surface area contributed by atoms with Gasteiger partial charge in [0, 0.05) is 24.0 Å². The van der Waals surface area contributed by atoms with E-state index in [2.05, 4.69) is 10.6 Å². The minimum absolute atomic E-state index is 0.0587. The molecule has 8 nitrogen and oxygen atoms in total. The van der Waals surface area contributed by atoms with E-state index in [1.807, 2.05) is 0 Å². The second-order valence-corrected chi connectivity index (χ2v) is 7.55. The van der Waals surface area contributed by atoms with Crippen molar-refractivity contribution in [3.05, 3.63) is 43.2 Å². The molecule has 0 spiro atoms. The molecule has 0 radical (unpaired) electrons. The first-order valence-corrected chi connectivity index (χ1v) is 10.0. The Morgan fingerprint density at radius 3 is 1.43 bits per heavy atom. The molecular weight excluding hydrogens is 360 g/mol. The maximum Gasteiger partial charge on any atom is 0.277 e. The standard InChI is InChI=1S/C20H28N4O4/c1-13-15-11-21-17(25)9-7-5-3-4-6-8-10-18(26)22-12-16-14(2)20(28)24(19(13)27)23(15)16/h3-12H2,1-2H3,(H,21,25)(H,22,26). The molecule has 28 heavy (non-hydrogen) atoms. The average molecular weight is 388 g/mol. The quantitative estimate of drug-likeness (QED) is 0.708. The van der Waals surface area contributed by atoms with Crippen molar-refractivity contribution in [1.29, 1.82) is 0 Å². The van der Waals surface area contributed by atoms with Crippen LogP contribution < -0.4 is 21.8 Å². The molecule has 1 aliphatic heterocycles. The van der Waals surface area contributed by atoms with Crippen LogP contribution in [0.1, 0.15) is 73.9 Å². The van der Waals surface area contributed by atoms with Crippen LogP contribution in [0.25, 0.3) is 0 Å². The minimum atomic E-state index is -0.385. The van der Waals surface area contributed by atoms with Gasteiger partial charge in [-0.15, -0.1) is 0 Å². The summed E-state index contributed by atoms with van der Waals surface area (Å²) in [5, 5.41) is 5.74. The van der Waals surface area contributed by atoms with E-state index in [0.29, 0.717) is 35.4 Å². The predicted molar refractivity (Wildman–Crippen MR) is 105 cm³/mol. The number of nitrogens with zero attached hydrogens (tertiary/aromatic N) is 2. The number of rotatable bonds is 0. The zero-order valence-corrected chi connectivity index (χ0v) is 16.6. The van der Waals surface area contributed by atoms with E-state index in [-0.39, 0.29) is 36.0 Å². The van der Waals surface area contributed by atoms with E-state index in [1.165, 1.54) is 0 Å². The van der Waals surface area contributed by atoms with Gasteiger partial charge in [-0.2, -0.15) is 4.52 Å². The molecule has 3 rings (SSSR count). The van der Waals surface area contributed by atoms with Crippen molar-refractivity contribution in [3.8, 4) is 0 Å². The highest BCUT2D eigenvalue weighted by Gasteiger charge is 2.22. The van der Waals surface area contributed by atoms with Crippen molar-refractivity contribution in [2.24, 2.45) is 0 Å². The highest BCUT2D eigenvalue weighted by Crippen LogP contribution is 2.13. The summed E-state index contributed by atoms with van der Waals surface area (Å²) < 4.78 is 2.66. The Balaban J connectivity index is 1.97. The van der Waals surface area contributed by atoms with Gasteiger partial charge in [0.2, 0.25) is 11.8 Å². The third kappa shape index (κ3) is 3.95. The number of amides is 2.